The summed E-state index contributed by atoms with van der Waals surface area (Å²) in [6.45, 7) is 2.01. The van der Waals surface area contributed by atoms with Crippen molar-refractivity contribution in [3.63, 3.8) is 0 Å². The summed E-state index contributed by atoms with van der Waals surface area (Å²) in [5.41, 5.74) is 3.84. The summed E-state index contributed by atoms with van der Waals surface area (Å²) in [6.07, 6.45) is 2.06. The summed E-state index contributed by atoms with van der Waals surface area (Å²) in [5, 5.41) is 2.92. The van der Waals surface area contributed by atoms with E-state index in [0.29, 0.717) is 5.56 Å². The Balaban J connectivity index is 2.13. The lowest BCUT2D eigenvalue weighted by Crippen LogP contribution is -2.12. The normalized spacial score (nSPS) is 10.2. The minimum Gasteiger partial charge on any atom is -0.322 e. The lowest BCUT2D eigenvalue weighted by molar-refractivity contribution is 0.102. The van der Waals surface area contributed by atoms with E-state index in [1.807, 2.05) is 55.5 Å². The van der Waals surface area contributed by atoms with Gasteiger partial charge in [0.2, 0.25) is 0 Å². The molecule has 0 aliphatic carbocycles. The second kappa shape index (κ2) is 6.43. The zero-order chi connectivity index (χ0) is 13.7. The Kier molecular flexibility index (Phi) is 4.63. The van der Waals surface area contributed by atoms with Gasteiger partial charge in [0.15, 0.2) is 0 Å². The molecule has 0 aliphatic rings. The summed E-state index contributed by atoms with van der Waals surface area (Å²) in [5.74, 6) is 0.861. The molecule has 2 rings (SSSR count). The van der Waals surface area contributed by atoms with Gasteiger partial charge in [-0.25, -0.2) is 0 Å². The van der Waals surface area contributed by atoms with Gasteiger partial charge in [0, 0.05) is 17.0 Å². The molecule has 0 radical (unpaired) electrons. The van der Waals surface area contributed by atoms with Crippen LogP contribution in [-0.4, -0.2) is 12.2 Å². The van der Waals surface area contributed by atoms with E-state index in [9.17, 15) is 4.79 Å². The number of benzene rings is 2. The first-order valence-electron chi connectivity index (χ1n) is 6.15. The topological polar surface area (TPSA) is 29.1 Å². The van der Waals surface area contributed by atoms with Crippen LogP contribution < -0.4 is 5.32 Å². The second-order valence-electron chi connectivity index (χ2n) is 4.46. The van der Waals surface area contributed by atoms with Crippen LogP contribution in [0.2, 0.25) is 0 Å². The first-order valence-corrected chi connectivity index (χ1v) is 7.54. The summed E-state index contributed by atoms with van der Waals surface area (Å²) in [4.78, 5) is 12.2. The summed E-state index contributed by atoms with van der Waals surface area (Å²) >= 11 is 1.75. The van der Waals surface area contributed by atoms with Crippen molar-refractivity contribution in [2.45, 2.75) is 12.7 Å². The van der Waals surface area contributed by atoms with Crippen LogP contribution in [0.1, 0.15) is 21.5 Å². The van der Waals surface area contributed by atoms with Crippen molar-refractivity contribution < 1.29 is 4.79 Å². The van der Waals surface area contributed by atoms with Gasteiger partial charge < -0.3 is 5.32 Å². The molecule has 0 fully saturated rings. The lowest BCUT2D eigenvalue weighted by atomic mass is 10.1. The number of thioether (sulfide) groups is 1. The fraction of sp³-hybridized carbons (Fsp3) is 0.188. The Morgan fingerprint density at radius 1 is 1.16 bits per heavy atom. The predicted octanol–water partition coefficient (Wildman–Crippen LogP) is 4.11. The van der Waals surface area contributed by atoms with E-state index in [-0.39, 0.29) is 5.91 Å². The Morgan fingerprint density at radius 2 is 1.95 bits per heavy atom. The van der Waals surface area contributed by atoms with E-state index in [1.54, 1.807) is 11.8 Å². The molecular weight excluding hydrogens is 254 g/mol. The molecule has 0 aliphatic heterocycles. The van der Waals surface area contributed by atoms with Crippen molar-refractivity contribution in [2.75, 3.05) is 11.6 Å². The first-order chi connectivity index (χ1) is 9.19. The summed E-state index contributed by atoms with van der Waals surface area (Å²) in [6, 6.07) is 15.6. The van der Waals surface area contributed by atoms with Gasteiger partial charge in [-0.2, -0.15) is 11.8 Å². The molecule has 0 heterocycles. The third-order valence-electron chi connectivity index (χ3n) is 2.78. The van der Waals surface area contributed by atoms with Crippen molar-refractivity contribution in [1.82, 2.24) is 0 Å². The van der Waals surface area contributed by atoms with Crippen LogP contribution in [-0.2, 0) is 5.75 Å². The van der Waals surface area contributed by atoms with Crippen LogP contribution in [0.15, 0.2) is 48.5 Å². The van der Waals surface area contributed by atoms with Crippen LogP contribution >= 0.6 is 11.8 Å². The Bertz CT molecular complexity index is 580. The molecule has 0 atom stereocenters. The van der Waals surface area contributed by atoms with Gasteiger partial charge in [-0.15, -0.1) is 0 Å². The highest BCUT2D eigenvalue weighted by Gasteiger charge is 2.06. The average molecular weight is 271 g/mol. The van der Waals surface area contributed by atoms with Crippen molar-refractivity contribution in [3.05, 3.63) is 65.2 Å². The van der Waals surface area contributed by atoms with E-state index in [2.05, 4.69) is 11.6 Å². The molecule has 19 heavy (non-hydrogen) atoms. The molecule has 1 amide bonds. The largest absolute Gasteiger partial charge is 0.322 e. The highest BCUT2D eigenvalue weighted by Crippen LogP contribution is 2.14. The lowest BCUT2D eigenvalue weighted by Gasteiger charge is -2.07. The van der Waals surface area contributed by atoms with Crippen molar-refractivity contribution in [3.8, 4) is 0 Å². The molecule has 2 aromatic carbocycles. The SMILES string of the molecule is CSCc1cccc(C(=O)Nc2cccc(C)c2)c1. The van der Waals surface area contributed by atoms with Crippen LogP contribution in [0.3, 0.4) is 0 Å². The molecule has 0 saturated heterocycles. The van der Waals surface area contributed by atoms with Gasteiger partial charge in [0.1, 0.15) is 0 Å². The fourth-order valence-electron chi connectivity index (χ4n) is 1.90. The molecule has 2 aromatic rings. The third-order valence-corrected chi connectivity index (χ3v) is 3.40. The fourth-order valence-corrected chi connectivity index (χ4v) is 2.41. The maximum Gasteiger partial charge on any atom is 0.255 e. The molecule has 0 unspecified atom stereocenters. The zero-order valence-electron chi connectivity index (χ0n) is 11.1. The molecule has 98 valence electrons. The number of hydrogen-bond donors (Lipinski definition) is 1. The molecule has 3 heteroatoms. The quantitative estimate of drug-likeness (QED) is 0.906. The minimum absolute atomic E-state index is 0.0615. The molecule has 1 N–H and O–H groups in total. The summed E-state index contributed by atoms with van der Waals surface area (Å²) < 4.78 is 0. The number of carbonyl (C=O) groups excluding carboxylic acids is 1. The average Bonchev–Trinajstić information content (AvgIpc) is 2.39. The number of nitrogens with one attached hydrogen (secondary N) is 1. The summed E-state index contributed by atoms with van der Waals surface area (Å²) in [7, 11) is 0. The van der Waals surface area contributed by atoms with Gasteiger partial charge in [-0.3, -0.25) is 4.79 Å². The molecule has 0 aromatic heterocycles. The molecule has 0 saturated carbocycles. The Morgan fingerprint density at radius 3 is 2.68 bits per heavy atom. The van der Waals surface area contributed by atoms with Gasteiger partial charge in [-0.1, -0.05) is 24.3 Å². The van der Waals surface area contributed by atoms with Gasteiger partial charge in [0.25, 0.3) is 5.91 Å². The third kappa shape index (κ3) is 3.86. The number of anilines is 1. The Labute approximate surface area is 118 Å². The van der Waals surface area contributed by atoms with E-state index < -0.39 is 0 Å². The predicted molar refractivity (Wildman–Crippen MR) is 82.8 cm³/mol. The highest BCUT2D eigenvalue weighted by atomic mass is 32.2. The van der Waals surface area contributed by atoms with Gasteiger partial charge in [0.05, 0.1) is 0 Å². The Hall–Kier alpha value is -1.74. The molecule has 2 nitrogen and oxygen atoms in total. The second-order valence-corrected chi connectivity index (χ2v) is 5.32. The standard InChI is InChI=1S/C16H17NOS/c1-12-5-3-8-15(9-12)17-16(18)14-7-4-6-13(10-14)11-19-2/h3-10H,11H2,1-2H3,(H,17,18). The maximum absolute atomic E-state index is 12.2. The van der Waals surface area contributed by atoms with E-state index in [1.165, 1.54) is 5.56 Å². The maximum atomic E-state index is 12.2. The first kappa shape index (κ1) is 13.7. The molecule has 0 spiro atoms. The van der Waals surface area contributed by atoms with Crippen molar-refractivity contribution in [1.29, 1.82) is 0 Å². The van der Waals surface area contributed by atoms with Gasteiger partial charge >= 0.3 is 0 Å². The molecular formula is C16H17NOS. The zero-order valence-corrected chi connectivity index (χ0v) is 12.0. The van der Waals surface area contributed by atoms with E-state index >= 15 is 0 Å². The smallest absolute Gasteiger partial charge is 0.255 e. The van der Waals surface area contributed by atoms with Crippen LogP contribution in [0, 0.1) is 6.92 Å². The van der Waals surface area contributed by atoms with E-state index in [0.717, 1.165) is 17.0 Å². The highest BCUT2D eigenvalue weighted by molar-refractivity contribution is 7.97. The monoisotopic (exact) mass is 271 g/mol. The number of aryl methyl sites for hydroxylation is 1. The van der Waals surface area contributed by atoms with Crippen LogP contribution in [0.5, 0.6) is 0 Å². The van der Waals surface area contributed by atoms with Gasteiger partial charge in [-0.05, 0) is 48.6 Å². The molecule has 0 bridgehead atoms. The number of rotatable bonds is 4. The van der Waals surface area contributed by atoms with Crippen LogP contribution in [0.25, 0.3) is 0 Å². The number of hydrogen-bond acceptors (Lipinski definition) is 2. The number of amides is 1. The van der Waals surface area contributed by atoms with E-state index in [4.69, 9.17) is 0 Å². The van der Waals surface area contributed by atoms with Crippen LogP contribution in [0.4, 0.5) is 5.69 Å². The minimum atomic E-state index is -0.0615. The number of carbonyl (C=O) groups is 1. The van der Waals surface area contributed by atoms with Crippen molar-refractivity contribution >= 4 is 23.4 Å². The van der Waals surface area contributed by atoms with Crippen molar-refractivity contribution in [2.24, 2.45) is 0 Å².